The Balaban J connectivity index is 2.62. The van der Waals surface area contributed by atoms with E-state index in [-0.39, 0.29) is 12.0 Å². The fourth-order valence-electron chi connectivity index (χ4n) is 1.90. The van der Waals surface area contributed by atoms with Crippen LogP contribution in [0, 0.1) is 29.1 Å². The summed E-state index contributed by atoms with van der Waals surface area (Å²) in [6, 6.07) is 2.43. The van der Waals surface area contributed by atoms with Crippen LogP contribution in [0.4, 0.5) is 0 Å². The van der Waals surface area contributed by atoms with Crippen molar-refractivity contribution >= 4 is 0 Å². The average Bonchev–Trinajstić information content (AvgIpc) is 2.18. The molecule has 0 saturated heterocycles. The van der Waals surface area contributed by atoms with Crippen LogP contribution >= 0.6 is 0 Å². The molecule has 0 amide bonds. The Hall–Kier alpha value is -0.550. The summed E-state index contributed by atoms with van der Waals surface area (Å²) in [6.07, 6.45) is 3.18. The van der Waals surface area contributed by atoms with Gasteiger partial charge >= 0.3 is 0 Å². The van der Waals surface area contributed by atoms with Gasteiger partial charge in [0.1, 0.15) is 0 Å². The van der Waals surface area contributed by atoms with Crippen molar-refractivity contribution in [2.24, 2.45) is 23.5 Å². The van der Waals surface area contributed by atoms with Crippen LogP contribution in [0.25, 0.3) is 0 Å². The van der Waals surface area contributed by atoms with Gasteiger partial charge in [-0.25, -0.2) is 0 Å². The van der Waals surface area contributed by atoms with Crippen molar-refractivity contribution in [3.8, 4) is 6.07 Å². The highest BCUT2D eigenvalue weighted by Crippen LogP contribution is 2.30. The van der Waals surface area contributed by atoms with Crippen molar-refractivity contribution < 1.29 is 0 Å². The minimum absolute atomic E-state index is 0.0879. The number of nitriles is 1. The summed E-state index contributed by atoms with van der Waals surface area (Å²) in [5, 5.41) is 8.86. The number of nitrogens with two attached hydrogens (primary N) is 1. The topological polar surface area (TPSA) is 49.8 Å². The predicted molar refractivity (Wildman–Crippen MR) is 49.3 cm³/mol. The van der Waals surface area contributed by atoms with E-state index in [2.05, 4.69) is 19.9 Å². The van der Waals surface area contributed by atoms with Gasteiger partial charge in [-0.05, 0) is 31.1 Å². The Kier molecular flexibility index (Phi) is 3.11. The molecule has 0 aromatic heterocycles. The molecule has 1 unspecified atom stereocenters. The molecule has 1 aliphatic carbocycles. The molecule has 0 aromatic rings. The monoisotopic (exact) mass is 166 g/mol. The quantitative estimate of drug-likeness (QED) is 0.559. The molecule has 2 N–H and O–H groups in total. The van der Waals surface area contributed by atoms with Crippen LogP contribution < -0.4 is 5.73 Å². The zero-order chi connectivity index (χ0) is 9.14. The number of hydrogen-bond acceptors (Lipinski definition) is 2. The van der Waals surface area contributed by atoms with Crippen molar-refractivity contribution in [1.82, 2.24) is 0 Å². The van der Waals surface area contributed by atoms with Gasteiger partial charge in [-0.1, -0.05) is 13.8 Å². The van der Waals surface area contributed by atoms with Crippen LogP contribution in [-0.2, 0) is 0 Å². The Morgan fingerprint density at radius 3 is 2.50 bits per heavy atom. The highest BCUT2D eigenvalue weighted by atomic mass is 14.7. The Morgan fingerprint density at radius 2 is 1.92 bits per heavy atom. The highest BCUT2D eigenvalue weighted by Gasteiger charge is 2.27. The number of nitrogens with zero attached hydrogens (tertiary/aromatic N) is 1. The minimum atomic E-state index is 0.0879. The third kappa shape index (κ3) is 1.98. The maximum absolute atomic E-state index is 8.86. The van der Waals surface area contributed by atoms with E-state index in [1.54, 1.807) is 0 Å². The molecule has 0 bridgehead atoms. The number of hydrogen-bond donors (Lipinski definition) is 1. The van der Waals surface area contributed by atoms with E-state index >= 15 is 0 Å². The Labute approximate surface area is 74.8 Å². The minimum Gasteiger partial charge on any atom is -0.327 e. The smallest absolute Gasteiger partial charge is 0.0672 e. The molecule has 4 atom stereocenters. The molecule has 0 radical (unpaired) electrons. The van der Waals surface area contributed by atoms with Crippen molar-refractivity contribution in [1.29, 1.82) is 5.26 Å². The van der Waals surface area contributed by atoms with Gasteiger partial charge in [0.15, 0.2) is 0 Å². The highest BCUT2D eigenvalue weighted by molar-refractivity contribution is 4.94. The van der Waals surface area contributed by atoms with Crippen molar-refractivity contribution in [3.63, 3.8) is 0 Å². The normalized spacial score (nSPS) is 43.2. The largest absolute Gasteiger partial charge is 0.327 e. The molecule has 1 fully saturated rings. The van der Waals surface area contributed by atoms with E-state index in [1.165, 1.54) is 6.42 Å². The molecule has 68 valence electrons. The van der Waals surface area contributed by atoms with E-state index in [0.29, 0.717) is 5.92 Å². The molecule has 0 spiro atoms. The zero-order valence-electron chi connectivity index (χ0n) is 7.96. The second-order valence-corrected chi connectivity index (χ2v) is 4.17. The predicted octanol–water partition coefficient (Wildman–Crippen LogP) is 1.91. The maximum atomic E-state index is 8.86. The van der Waals surface area contributed by atoms with Gasteiger partial charge in [-0.2, -0.15) is 5.26 Å². The summed E-state index contributed by atoms with van der Waals surface area (Å²) in [4.78, 5) is 0. The van der Waals surface area contributed by atoms with Crippen molar-refractivity contribution in [2.45, 2.75) is 39.2 Å². The second kappa shape index (κ2) is 3.91. The van der Waals surface area contributed by atoms with Crippen LogP contribution in [0.15, 0.2) is 0 Å². The molecule has 1 saturated carbocycles. The molecule has 0 heterocycles. The SMILES string of the molecule is C[C@@H]1CCC(N)[C@@H](C#N)C[C@H]1C. The summed E-state index contributed by atoms with van der Waals surface area (Å²) in [6.45, 7) is 4.49. The first-order valence-corrected chi connectivity index (χ1v) is 4.80. The first-order valence-electron chi connectivity index (χ1n) is 4.80. The molecule has 0 aromatic carbocycles. The van der Waals surface area contributed by atoms with Crippen molar-refractivity contribution in [3.05, 3.63) is 0 Å². The van der Waals surface area contributed by atoms with Gasteiger partial charge < -0.3 is 5.73 Å². The van der Waals surface area contributed by atoms with E-state index in [0.717, 1.165) is 18.8 Å². The average molecular weight is 166 g/mol. The van der Waals surface area contributed by atoms with E-state index in [4.69, 9.17) is 11.0 Å². The van der Waals surface area contributed by atoms with Crippen LogP contribution in [0.1, 0.15) is 33.1 Å². The zero-order valence-corrected chi connectivity index (χ0v) is 7.96. The molecular formula is C10H18N2. The lowest BCUT2D eigenvalue weighted by Crippen LogP contribution is -2.28. The molecule has 2 heteroatoms. The second-order valence-electron chi connectivity index (χ2n) is 4.17. The lowest BCUT2D eigenvalue weighted by Gasteiger charge is -2.17. The first-order chi connectivity index (χ1) is 5.65. The van der Waals surface area contributed by atoms with Crippen LogP contribution in [0.2, 0.25) is 0 Å². The van der Waals surface area contributed by atoms with Gasteiger partial charge in [0.25, 0.3) is 0 Å². The third-order valence-electron chi connectivity index (χ3n) is 3.24. The molecule has 1 aliphatic rings. The Morgan fingerprint density at radius 1 is 1.25 bits per heavy atom. The van der Waals surface area contributed by atoms with Crippen LogP contribution in [-0.4, -0.2) is 6.04 Å². The van der Waals surface area contributed by atoms with Gasteiger partial charge in [-0.3, -0.25) is 0 Å². The third-order valence-corrected chi connectivity index (χ3v) is 3.24. The molecule has 12 heavy (non-hydrogen) atoms. The van der Waals surface area contributed by atoms with Crippen LogP contribution in [0.5, 0.6) is 0 Å². The standard InChI is InChI=1S/C10H18N2/c1-7-3-4-10(12)9(6-11)5-8(7)2/h7-10H,3-5,12H2,1-2H3/t7-,8-,9-,10?/m1/s1. The van der Waals surface area contributed by atoms with E-state index in [1.807, 2.05) is 0 Å². The van der Waals surface area contributed by atoms with Gasteiger partial charge in [-0.15, -0.1) is 0 Å². The summed E-state index contributed by atoms with van der Waals surface area (Å²) >= 11 is 0. The van der Waals surface area contributed by atoms with Crippen molar-refractivity contribution in [2.75, 3.05) is 0 Å². The maximum Gasteiger partial charge on any atom is 0.0672 e. The Bertz CT molecular complexity index is 183. The molecule has 1 rings (SSSR count). The van der Waals surface area contributed by atoms with Gasteiger partial charge in [0.2, 0.25) is 0 Å². The summed E-state index contributed by atoms with van der Waals surface area (Å²) < 4.78 is 0. The summed E-state index contributed by atoms with van der Waals surface area (Å²) in [7, 11) is 0. The van der Waals surface area contributed by atoms with Gasteiger partial charge in [0, 0.05) is 6.04 Å². The fraction of sp³-hybridized carbons (Fsp3) is 0.900. The summed E-state index contributed by atoms with van der Waals surface area (Å²) in [5.74, 6) is 1.47. The first kappa shape index (κ1) is 9.54. The molecule has 2 nitrogen and oxygen atoms in total. The summed E-state index contributed by atoms with van der Waals surface area (Å²) in [5.41, 5.74) is 5.89. The molecular weight excluding hydrogens is 148 g/mol. The van der Waals surface area contributed by atoms with E-state index in [9.17, 15) is 0 Å². The van der Waals surface area contributed by atoms with Crippen LogP contribution in [0.3, 0.4) is 0 Å². The number of rotatable bonds is 0. The van der Waals surface area contributed by atoms with Gasteiger partial charge in [0.05, 0.1) is 12.0 Å². The fourth-order valence-corrected chi connectivity index (χ4v) is 1.90. The lowest BCUT2D eigenvalue weighted by atomic mass is 9.88. The lowest BCUT2D eigenvalue weighted by molar-refractivity contribution is 0.351. The van der Waals surface area contributed by atoms with E-state index < -0.39 is 0 Å². The molecule has 0 aliphatic heterocycles.